The summed E-state index contributed by atoms with van der Waals surface area (Å²) in [5, 5.41) is 30.0. The SMILES string of the molecule is CC1(O)CCC2C(CCC3CC(O)CCC32C)C1CCC(=O)O. The van der Waals surface area contributed by atoms with Crippen molar-refractivity contribution in [2.24, 2.45) is 29.1 Å². The Morgan fingerprint density at radius 2 is 1.87 bits per heavy atom. The highest BCUT2D eigenvalue weighted by Gasteiger charge is 2.56. The van der Waals surface area contributed by atoms with Crippen LogP contribution >= 0.6 is 0 Å². The van der Waals surface area contributed by atoms with Crippen LogP contribution in [0, 0.1) is 29.1 Å². The van der Waals surface area contributed by atoms with Crippen LogP contribution in [0.1, 0.15) is 71.6 Å². The first-order valence-electron chi connectivity index (χ1n) is 9.36. The van der Waals surface area contributed by atoms with E-state index in [2.05, 4.69) is 6.92 Å². The fourth-order valence-electron chi connectivity index (χ4n) is 6.34. The molecular formula is C19H32O4. The highest BCUT2D eigenvalue weighted by atomic mass is 16.4. The predicted octanol–water partition coefficient (Wildman–Crippen LogP) is 3.21. The van der Waals surface area contributed by atoms with Crippen molar-refractivity contribution in [1.29, 1.82) is 0 Å². The third-order valence-electron chi connectivity index (χ3n) is 7.66. The molecule has 3 aliphatic rings. The second kappa shape index (κ2) is 6.03. The number of hydrogen-bond acceptors (Lipinski definition) is 3. The molecule has 4 heteroatoms. The number of carboxylic acid groups (broad SMARTS) is 1. The highest BCUT2D eigenvalue weighted by molar-refractivity contribution is 5.66. The van der Waals surface area contributed by atoms with E-state index in [0.717, 1.165) is 44.9 Å². The van der Waals surface area contributed by atoms with Gasteiger partial charge in [0.1, 0.15) is 0 Å². The Kier molecular flexibility index (Phi) is 4.52. The molecule has 0 bridgehead atoms. The molecule has 3 N–H and O–H groups in total. The van der Waals surface area contributed by atoms with Crippen molar-refractivity contribution in [3.05, 3.63) is 0 Å². The fraction of sp³-hybridized carbons (Fsp3) is 0.947. The number of aliphatic hydroxyl groups excluding tert-OH is 1. The molecule has 0 spiro atoms. The van der Waals surface area contributed by atoms with Crippen LogP contribution in [0.25, 0.3) is 0 Å². The van der Waals surface area contributed by atoms with Crippen LogP contribution < -0.4 is 0 Å². The average Bonchev–Trinajstić information content (AvgIpc) is 2.46. The van der Waals surface area contributed by atoms with Crippen molar-refractivity contribution < 1.29 is 20.1 Å². The Hall–Kier alpha value is -0.610. The van der Waals surface area contributed by atoms with E-state index in [-0.39, 0.29) is 23.9 Å². The number of aliphatic carboxylic acids is 1. The first-order chi connectivity index (χ1) is 10.7. The van der Waals surface area contributed by atoms with Crippen LogP contribution in [0.15, 0.2) is 0 Å². The maximum atomic E-state index is 11.0. The van der Waals surface area contributed by atoms with Crippen molar-refractivity contribution in [3.8, 4) is 0 Å². The monoisotopic (exact) mass is 324 g/mol. The van der Waals surface area contributed by atoms with E-state index in [1.807, 2.05) is 6.92 Å². The zero-order chi connectivity index (χ0) is 16.8. The Balaban J connectivity index is 1.82. The summed E-state index contributed by atoms with van der Waals surface area (Å²) in [5.74, 6) is 0.948. The normalized spacial score (nSPS) is 50.0. The van der Waals surface area contributed by atoms with E-state index in [1.165, 1.54) is 0 Å². The van der Waals surface area contributed by atoms with Crippen molar-refractivity contribution in [2.45, 2.75) is 83.3 Å². The Labute approximate surface area is 139 Å². The molecule has 0 heterocycles. The number of rotatable bonds is 3. The summed E-state index contributed by atoms with van der Waals surface area (Å²) >= 11 is 0. The summed E-state index contributed by atoms with van der Waals surface area (Å²) in [6.07, 6.45) is 7.53. The van der Waals surface area contributed by atoms with Crippen LogP contribution in [-0.4, -0.2) is 33.0 Å². The summed E-state index contributed by atoms with van der Waals surface area (Å²) in [6.45, 7) is 4.31. The molecule has 3 aliphatic carbocycles. The molecule has 132 valence electrons. The largest absolute Gasteiger partial charge is 0.481 e. The van der Waals surface area contributed by atoms with Gasteiger partial charge in [0.05, 0.1) is 11.7 Å². The molecule has 0 amide bonds. The van der Waals surface area contributed by atoms with Gasteiger partial charge in [0.15, 0.2) is 0 Å². The molecule has 7 atom stereocenters. The quantitative estimate of drug-likeness (QED) is 0.745. The zero-order valence-electron chi connectivity index (χ0n) is 14.5. The molecule has 3 fully saturated rings. The molecule has 0 aliphatic heterocycles. The third-order valence-corrected chi connectivity index (χ3v) is 7.66. The van der Waals surface area contributed by atoms with E-state index < -0.39 is 11.6 Å². The van der Waals surface area contributed by atoms with Crippen LogP contribution in [0.3, 0.4) is 0 Å². The van der Waals surface area contributed by atoms with Gasteiger partial charge in [-0.15, -0.1) is 0 Å². The van der Waals surface area contributed by atoms with Crippen LogP contribution in [-0.2, 0) is 4.79 Å². The molecule has 23 heavy (non-hydrogen) atoms. The summed E-state index contributed by atoms with van der Waals surface area (Å²) in [5.41, 5.74) is -0.464. The molecule has 0 radical (unpaired) electrons. The minimum atomic E-state index is -0.761. The van der Waals surface area contributed by atoms with Gasteiger partial charge in [-0.2, -0.15) is 0 Å². The van der Waals surface area contributed by atoms with Gasteiger partial charge in [-0.05, 0) is 87.4 Å². The minimum Gasteiger partial charge on any atom is -0.481 e. The smallest absolute Gasteiger partial charge is 0.303 e. The van der Waals surface area contributed by atoms with Crippen molar-refractivity contribution in [3.63, 3.8) is 0 Å². The Morgan fingerprint density at radius 1 is 1.13 bits per heavy atom. The number of carboxylic acids is 1. The summed E-state index contributed by atoms with van der Waals surface area (Å²) < 4.78 is 0. The molecule has 0 aromatic rings. The van der Waals surface area contributed by atoms with E-state index >= 15 is 0 Å². The number of aliphatic hydroxyl groups is 2. The van der Waals surface area contributed by atoms with Crippen LogP contribution in [0.5, 0.6) is 0 Å². The van der Waals surface area contributed by atoms with Gasteiger partial charge in [-0.1, -0.05) is 6.92 Å². The molecule has 3 rings (SSSR count). The Morgan fingerprint density at radius 3 is 2.57 bits per heavy atom. The average molecular weight is 324 g/mol. The van der Waals surface area contributed by atoms with Gasteiger partial charge in [-0.25, -0.2) is 0 Å². The molecule has 7 unspecified atom stereocenters. The van der Waals surface area contributed by atoms with E-state index in [9.17, 15) is 15.0 Å². The van der Waals surface area contributed by atoms with Gasteiger partial charge < -0.3 is 15.3 Å². The van der Waals surface area contributed by atoms with E-state index in [4.69, 9.17) is 5.11 Å². The van der Waals surface area contributed by atoms with Gasteiger partial charge in [0, 0.05) is 6.42 Å². The van der Waals surface area contributed by atoms with Gasteiger partial charge in [-0.3, -0.25) is 4.79 Å². The lowest BCUT2D eigenvalue weighted by atomic mass is 9.46. The maximum absolute atomic E-state index is 11.0. The van der Waals surface area contributed by atoms with Crippen molar-refractivity contribution >= 4 is 5.97 Å². The molecule has 0 aromatic carbocycles. The lowest BCUT2D eigenvalue weighted by molar-refractivity contribution is -0.159. The molecule has 3 saturated carbocycles. The van der Waals surface area contributed by atoms with Crippen LogP contribution in [0.2, 0.25) is 0 Å². The minimum absolute atomic E-state index is 0.0991. The second-order valence-corrected chi connectivity index (χ2v) is 8.91. The topological polar surface area (TPSA) is 77.8 Å². The molecular weight excluding hydrogens is 292 g/mol. The van der Waals surface area contributed by atoms with E-state index in [1.54, 1.807) is 0 Å². The molecule has 0 saturated heterocycles. The fourth-order valence-corrected chi connectivity index (χ4v) is 6.34. The first-order valence-corrected chi connectivity index (χ1v) is 9.36. The number of hydrogen-bond donors (Lipinski definition) is 3. The lowest BCUT2D eigenvalue weighted by Gasteiger charge is -2.60. The van der Waals surface area contributed by atoms with Crippen LogP contribution in [0.4, 0.5) is 0 Å². The summed E-state index contributed by atoms with van der Waals surface area (Å²) in [7, 11) is 0. The first kappa shape index (κ1) is 17.2. The predicted molar refractivity (Wildman–Crippen MR) is 87.9 cm³/mol. The Bertz CT molecular complexity index is 460. The van der Waals surface area contributed by atoms with Gasteiger partial charge >= 0.3 is 5.97 Å². The molecule has 0 aromatic heterocycles. The zero-order valence-corrected chi connectivity index (χ0v) is 14.5. The summed E-state index contributed by atoms with van der Waals surface area (Å²) in [4.78, 5) is 11.0. The van der Waals surface area contributed by atoms with Crippen molar-refractivity contribution in [2.75, 3.05) is 0 Å². The number of carbonyl (C=O) groups is 1. The summed E-state index contributed by atoms with van der Waals surface area (Å²) in [6, 6.07) is 0. The van der Waals surface area contributed by atoms with Gasteiger partial charge in [0.2, 0.25) is 0 Å². The third kappa shape index (κ3) is 3.05. The van der Waals surface area contributed by atoms with E-state index in [0.29, 0.717) is 24.2 Å². The standard InChI is InChI=1S/C19H32O4/c1-18-9-7-13(20)11-12(18)3-4-14-15(18)8-10-19(2,23)16(14)5-6-17(21)22/h12-16,20,23H,3-11H2,1-2H3,(H,21,22). The maximum Gasteiger partial charge on any atom is 0.303 e. The molecule has 4 nitrogen and oxygen atoms in total. The lowest BCUT2D eigenvalue weighted by Crippen LogP contribution is -2.56. The second-order valence-electron chi connectivity index (χ2n) is 8.91. The number of fused-ring (bicyclic) bond motifs is 3. The highest BCUT2D eigenvalue weighted by Crippen LogP contribution is 2.62. The van der Waals surface area contributed by atoms with Crippen molar-refractivity contribution in [1.82, 2.24) is 0 Å². The van der Waals surface area contributed by atoms with Gasteiger partial charge in [0.25, 0.3) is 0 Å².